The average molecular weight is 2250 g/mol. The van der Waals surface area contributed by atoms with Crippen LogP contribution in [0.1, 0.15) is 282 Å². The summed E-state index contributed by atoms with van der Waals surface area (Å²) in [4.78, 5) is 19.6. The predicted molar refractivity (Wildman–Crippen MR) is 600 cm³/mol. The molecule has 0 radical (unpaired) electrons. The van der Waals surface area contributed by atoms with Crippen LogP contribution in [-0.2, 0) is 102 Å². The Bertz CT molecular complexity index is 7740. The van der Waals surface area contributed by atoms with Gasteiger partial charge in [-0.2, -0.15) is 107 Å². The summed E-state index contributed by atoms with van der Waals surface area (Å²) in [6.45, 7) is 66.7. The van der Waals surface area contributed by atoms with Gasteiger partial charge >= 0.3 is 0 Å². The first-order chi connectivity index (χ1) is 67.1. The van der Waals surface area contributed by atoms with Crippen LogP contribution in [0.4, 0.5) is 45.5 Å². The summed E-state index contributed by atoms with van der Waals surface area (Å²) in [6, 6.07) is 134. The van der Waals surface area contributed by atoms with E-state index in [2.05, 4.69) is 575 Å². The zero-order valence-corrected chi connectivity index (χ0v) is 93.7. The molecule has 14 aromatic carbocycles. The van der Waals surface area contributed by atoms with Crippen molar-refractivity contribution in [1.29, 1.82) is 0 Å². The number of anilines is 8. The summed E-state index contributed by atoms with van der Waals surface area (Å²) in [6.07, 6.45) is 3.95. The molecule has 144 heavy (non-hydrogen) atoms. The molecular weight excluding hydrogens is 2110 g/mol. The third kappa shape index (κ3) is 19.2. The maximum absolute atomic E-state index is 5.16. The summed E-state index contributed by atoms with van der Waals surface area (Å²) in [5.41, 5.74) is 32.3. The normalized spacial score (nSPS) is 13.6. The van der Waals surface area contributed by atoms with E-state index in [1.807, 2.05) is 12.4 Å². The van der Waals surface area contributed by atoms with Crippen LogP contribution in [0.25, 0.3) is 55.2 Å². The van der Waals surface area contributed by atoms with E-state index in [9.17, 15) is 0 Å². The van der Waals surface area contributed by atoms with Crippen molar-refractivity contribution in [1.82, 2.24) is 19.1 Å². The summed E-state index contributed by atoms with van der Waals surface area (Å²) in [5, 5.41) is 4.67. The summed E-state index contributed by atoms with van der Waals surface area (Å²) in [5.74, 6) is 1.75. The Morgan fingerprint density at radius 3 is 0.806 bits per heavy atom. The van der Waals surface area contributed by atoms with E-state index in [0.717, 1.165) is 112 Å². The van der Waals surface area contributed by atoms with Crippen molar-refractivity contribution in [2.45, 2.75) is 247 Å². The Morgan fingerprint density at radius 1 is 0.208 bits per heavy atom. The van der Waals surface area contributed by atoms with E-state index in [1.165, 1.54) is 83.1 Å². The van der Waals surface area contributed by atoms with Crippen molar-refractivity contribution in [2.24, 2.45) is 0 Å². The molecule has 740 valence electrons. The molecule has 0 unspecified atom stereocenters. The minimum Gasteiger partial charge on any atom is -0.493 e. The van der Waals surface area contributed by atoms with Gasteiger partial charge in [-0.25, -0.2) is 9.97 Å². The fourth-order valence-electron chi connectivity index (χ4n) is 20.8. The first-order valence-electron chi connectivity index (χ1n) is 50.7. The number of para-hydroxylation sites is 4. The van der Waals surface area contributed by atoms with Crippen LogP contribution in [0.3, 0.4) is 0 Å². The minimum atomic E-state index is -0.468. The smallest absolute Gasteiger partial charge is 0.135 e. The quantitative estimate of drug-likeness (QED) is 0.0798. The zero-order valence-electron chi connectivity index (χ0n) is 89.1. The van der Waals surface area contributed by atoms with Gasteiger partial charge in [0.1, 0.15) is 11.6 Å². The first-order valence-corrected chi connectivity index (χ1v) is 50.7. The van der Waals surface area contributed by atoms with Gasteiger partial charge in [-0.15, -0.1) is 35.5 Å². The number of aromatic nitrogens is 4. The third-order valence-electron chi connectivity index (χ3n) is 31.0. The van der Waals surface area contributed by atoms with Crippen molar-refractivity contribution in [2.75, 3.05) is 19.6 Å². The van der Waals surface area contributed by atoms with Crippen LogP contribution in [0, 0.1) is 37.6 Å². The zero-order chi connectivity index (χ0) is 101. The van der Waals surface area contributed by atoms with Gasteiger partial charge in [0.05, 0.1) is 0 Å². The molecule has 0 spiro atoms. The van der Waals surface area contributed by atoms with Gasteiger partial charge in [-0.05, 0) is 206 Å². The number of rotatable bonds is 18. The number of pyridine rings is 2. The fraction of sp³-hybridized carbons (Fsp3) is 0.284. The first kappa shape index (κ1) is 103. The Morgan fingerprint density at radius 2 is 0.486 bits per heavy atom. The maximum Gasteiger partial charge on any atom is 0.135 e. The van der Waals surface area contributed by atoms with E-state index >= 15 is 0 Å². The summed E-state index contributed by atoms with van der Waals surface area (Å²) >= 11 is 0. The molecule has 0 fully saturated rings. The van der Waals surface area contributed by atoms with Crippen molar-refractivity contribution < 1.29 is 42.1 Å². The van der Waals surface area contributed by atoms with Gasteiger partial charge in [0, 0.05) is 121 Å². The van der Waals surface area contributed by atoms with Crippen molar-refractivity contribution in [3.05, 3.63) is 466 Å². The summed E-state index contributed by atoms with van der Waals surface area (Å²) < 4.78 is 4.68. The topological polar surface area (TPSA) is 48.6 Å². The van der Waals surface area contributed by atoms with E-state index in [1.54, 1.807) is 0 Å². The summed E-state index contributed by atoms with van der Waals surface area (Å²) in [7, 11) is 0. The van der Waals surface area contributed by atoms with Crippen LogP contribution in [-0.4, -0.2) is 19.1 Å². The Balaban J connectivity index is 0.000000195. The molecular formula is C134H138N8Pt2-6. The monoisotopic (exact) mass is 2250 g/mol. The maximum atomic E-state index is 5.16. The Labute approximate surface area is 887 Å². The second kappa shape index (κ2) is 38.2. The van der Waals surface area contributed by atoms with E-state index in [-0.39, 0.29) is 90.9 Å². The molecule has 10 heteroatoms. The average Bonchev–Trinajstić information content (AvgIpc) is 1.57. The van der Waals surface area contributed by atoms with Crippen LogP contribution in [0.15, 0.2) is 334 Å². The van der Waals surface area contributed by atoms with Gasteiger partial charge < -0.3 is 28.7 Å². The van der Waals surface area contributed by atoms with Gasteiger partial charge in [-0.3, -0.25) is 0 Å². The number of nitrogens with zero attached hydrogens (tertiary/aromatic N) is 8. The second-order valence-electron chi connectivity index (χ2n) is 48.0. The van der Waals surface area contributed by atoms with Gasteiger partial charge in [-0.1, -0.05) is 374 Å². The molecule has 0 amide bonds. The predicted octanol–water partition coefficient (Wildman–Crippen LogP) is 34.8. The second-order valence-corrected chi connectivity index (χ2v) is 48.0. The Hall–Kier alpha value is -12.4. The largest absolute Gasteiger partial charge is 0.493 e. The SMILES string of the molecule is CC(C)(C)c1cc(N2[CH-]N(c3[c-]c(C(C)(C)c4[c-]c5c(cc4)c4cc(C(C)(C)c6ccccc6)ccc4n5-c4cc(C(C)(C)c5ccccc5)ccn4)ccc3)c3ccccc32)cc(C(C)(C)C)c1.CC(C)(C)c1ccc(C(C)(C)c2ccnc(-n3c4[c-]c(C(C)(C)c5[c-]c(N6[CH-]N(c7cc(C(C)(C)C)cc(C(C)(C)C)c7)c7ccccc76)ccc5)ccc4c4cc(C(C)(C)c5ccccc5)ccc43)c2)cc1.[Pt].[Pt]. The molecule has 2 aliphatic rings. The van der Waals surface area contributed by atoms with Gasteiger partial charge in [0.15, 0.2) is 0 Å². The number of fused-ring (bicyclic) bond motifs is 8. The third-order valence-corrected chi connectivity index (χ3v) is 31.0. The number of benzene rings is 14. The van der Waals surface area contributed by atoms with E-state index in [4.69, 9.17) is 9.97 Å². The van der Waals surface area contributed by atoms with Gasteiger partial charge in [0.2, 0.25) is 0 Å². The standard InChI is InChI=1S/C69H73N4.C65H65N4.2Pt/c1-64(2,3)46-28-30-48(31-29-46)68(12,13)52-36-37-70-63(44-52)73-59-35-33-50(67(10,11)47-22-17-16-18-23-47)42-58(59)57-34-32-51(43-62(57)73)69(14,15)49-24-21-25-55(39-49)71-45-72(61-27-20-19-26-60(61)71)56-40-53(65(4,5)6)38-54(41-56)66(7,8)9;1-61(2,3)50-36-51(62(4,5)6)39-53(38-50)68-43-67(57-28-19-20-29-58(57)68)52-27-21-26-46(37-52)65(11,12)48-30-32-54-55-40-47(63(7,8)44-22-15-13-16-23-44)31-33-56(55)69(59(54)41-48)60-42-49(34-35-66-60)64(9,10)45-24-17-14-18-25-45;;/h16-38,40-42,44-45H,1-15H3;13-36,38-40,42-43H,1-12H3;;/q2*-3;;. The molecule has 0 bridgehead atoms. The van der Waals surface area contributed by atoms with Crippen LogP contribution < -0.4 is 19.6 Å². The molecule has 0 atom stereocenters. The number of hydrogen-bond donors (Lipinski definition) is 0. The minimum absolute atomic E-state index is 0. The molecule has 0 saturated carbocycles. The molecule has 18 aromatic rings. The molecule has 0 saturated heterocycles. The fourth-order valence-corrected chi connectivity index (χ4v) is 20.8. The van der Waals surface area contributed by atoms with Crippen molar-refractivity contribution in [3.63, 3.8) is 0 Å². The molecule has 6 heterocycles. The van der Waals surface area contributed by atoms with Crippen LogP contribution in [0.2, 0.25) is 0 Å². The molecule has 20 rings (SSSR count). The van der Waals surface area contributed by atoms with Gasteiger partial charge in [0.25, 0.3) is 0 Å². The molecule has 8 nitrogen and oxygen atoms in total. The molecule has 4 aromatic heterocycles. The van der Waals surface area contributed by atoms with E-state index < -0.39 is 10.8 Å². The van der Waals surface area contributed by atoms with Crippen molar-refractivity contribution in [3.8, 4) is 11.6 Å². The van der Waals surface area contributed by atoms with Crippen molar-refractivity contribution >= 4 is 89.1 Å². The Kier molecular flexibility index (Phi) is 27.3. The number of hydrogen-bond acceptors (Lipinski definition) is 6. The van der Waals surface area contributed by atoms with Crippen LogP contribution in [0.5, 0.6) is 0 Å². The van der Waals surface area contributed by atoms with Crippen LogP contribution >= 0.6 is 0 Å². The molecule has 0 N–H and O–H groups in total. The van der Waals surface area contributed by atoms with E-state index in [0.29, 0.717) is 0 Å². The molecule has 2 aliphatic heterocycles. The molecule has 0 aliphatic carbocycles.